The van der Waals surface area contributed by atoms with Crippen LogP contribution in [0.15, 0.2) is 64.8 Å². The summed E-state index contributed by atoms with van der Waals surface area (Å²) in [6.45, 7) is 1.77. The van der Waals surface area contributed by atoms with Gasteiger partial charge in [0.2, 0.25) is 15.9 Å². The molecule has 0 spiro atoms. The highest BCUT2D eigenvalue weighted by molar-refractivity contribution is 8.00. The molecule has 3 rings (SSSR count). The van der Waals surface area contributed by atoms with Gasteiger partial charge in [-0.2, -0.15) is 0 Å². The van der Waals surface area contributed by atoms with Crippen LogP contribution in [0.1, 0.15) is 6.92 Å². The van der Waals surface area contributed by atoms with E-state index in [2.05, 4.69) is 15.3 Å². The number of amides is 1. The summed E-state index contributed by atoms with van der Waals surface area (Å²) in [6, 6.07) is 13.3. The maximum absolute atomic E-state index is 12.4. The SMILES string of the molecule is C[C@H](Sc1ncnc2ccccc12)C(=O)Nc1ccc(S(N)(=O)=O)cc1. The maximum Gasteiger partial charge on any atom is 0.238 e. The summed E-state index contributed by atoms with van der Waals surface area (Å²) in [5.41, 5.74) is 1.30. The molecule has 3 aromatic rings. The Balaban J connectivity index is 1.72. The van der Waals surface area contributed by atoms with Crippen molar-refractivity contribution in [2.45, 2.75) is 22.1 Å². The van der Waals surface area contributed by atoms with Gasteiger partial charge in [-0.1, -0.05) is 30.0 Å². The Hall–Kier alpha value is -2.49. The Bertz CT molecular complexity index is 1050. The highest BCUT2D eigenvalue weighted by atomic mass is 32.2. The summed E-state index contributed by atoms with van der Waals surface area (Å²) in [7, 11) is -3.76. The number of benzene rings is 2. The third-order valence-electron chi connectivity index (χ3n) is 3.61. The lowest BCUT2D eigenvalue weighted by Gasteiger charge is -2.12. The molecule has 1 atom stereocenters. The summed E-state index contributed by atoms with van der Waals surface area (Å²) < 4.78 is 22.5. The molecule has 0 radical (unpaired) electrons. The minimum Gasteiger partial charge on any atom is -0.325 e. The van der Waals surface area contributed by atoms with Crippen molar-refractivity contribution in [2.24, 2.45) is 5.14 Å². The number of hydrogen-bond acceptors (Lipinski definition) is 6. The van der Waals surface area contributed by atoms with Crippen molar-refractivity contribution in [1.82, 2.24) is 9.97 Å². The highest BCUT2D eigenvalue weighted by Gasteiger charge is 2.17. The molecule has 0 aliphatic heterocycles. The maximum atomic E-state index is 12.4. The number of nitrogens with zero attached hydrogens (tertiary/aromatic N) is 2. The predicted molar refractivity (Wildman–Crippen MR) is 101 cm³/mol. The highest BCUT2D eigenvalue weighted by Crippen LogP contribution is 2.28. The summed E-state index contributed by atoms with van der Waals surface area (Å²) in [6.07, 6.45) is 1.47. The van der Waals surface area contributed by atoms with Gasteiger partial charge in [0.05, 0.1) is 15.7 Å². The van der Waals surface area contributed by atoms with Crippen molar-refractivity contribution >= 4 is 44.3 Å². The summed E-state index contributed by atoms with van der Waals surface area (Å²) >= 11 is 1.33. The number of nitrogens with one attached hydrogen (secondary N) is 1. The van der Waals surface area contributed by atoms with Gasteiger partial charge in [0, 0.05) is 11.1 Å². The van der Waals surface area contributed by atoms with E-state index in [0.717, 1.165) is 15.9 Å². The Kier molecular flexibility index (Phi) is 5.21. The van der Waals surface area contributed by atoms with Gasteiger partial charge in [-0.05, 0) is 37.3 Å². The molecule has 2 aromatic carbocycles. The quantitative estimate of drug-likeness (QED) is 0.512. The molecule has 0 saturated heterocycles. The summed E-state index contributed by atoms with van der Waals surface area (Å²) in [4.78, 5) is 20.9. The van der Waals surface area contributed by atoms with Crippen LogP contribution in [0.3, 0.4) is 0 Å². The average molecular weight is 388 g/mol. The van der Waals surface area contributed by atoms with Gasteiger partial charge >= 0.3 is 0 Å². The number of carbonyl (C=O) groups is 1. The lowest BCUT2D eigenvalue weighted by Crippen LogP contribution is -2.22. The van der Waals surface area contributed by atoms with Crippen LogP contribution in [0.25, 0.3) is 10.9 Å². The van der Waals surface area contributed by atoms with Crippen molar-refractivity contribution in [3.63, 3.8) is 0 Å². The van der Waals surface area contributed by atoms with Crippen LogP contribution in [0.2, 0.25) is 0 Å². The smallest absolute Gasteiger partial charge is 0.238 e. The molecule has 0 bridgehead atoms. The second-order valence-corrected chi connectivity index (χ2v) is 8.41. The van der Waals surface area contributed by atoms with E-state index in [0.29, 0.717) is 5.69 Å². The lowest BCUT2D eigenvalue weighted by atomic mass is 10.2. The minimum absolute atomic E-state index is 0.00891. The zero-order valence-corrected chi connectivity index (χ0v) is 15.4. The van der Waals surface area contributed by atoms with E-state index in [-0.39, 0.29) is 10.8 Å². The largest absolute Gasteiger partial charge is 0.325 e. The number of primary sulfonamides is 1. The fraction of sp³-hybridized carbons (Fsp3) is 0.118. The van der Waals surface area contributed by atoms with Crippen molar-refractivity contribution in [3.8, 4) is 0 Å². The average Bonchev–Trinajstić information content (AvgIpc) is 2.61. The second-order valence-electron chi connectivity index (χ2n) is 5.51. The molecular formula is C17H16N4O3S2. The van der Waals surface area contributed by atoms with Crippen LogP contribution < -0.4 is 10.5 Å². The van der Waals surface area contributed by atoms with Crippen LogP contribution in [-0.4, -0.2) is 29.5 Å². The molecule has 0 saturated carbocycles. The number of anilines is 1. The van der Waals surface area contributed by atoms with Crippen LogP contribution in [-0.2, 0) is 14.8 Å². The Labute approximate surface area is 155 Å². The third kappa shape index (κ3) is 4.18. The van der Waals surface area contributed by atoms with Gasteiger partial charge in [-0.25, -0.2) is 23.5 Å². The van der Waals surface area contributed by atoms with E-state index in [9.17, 15) is 13.2 Å². The third-order valence-corrected chi connectivity index (χ3v) is 5.66. The van der Waals surface area contributed by atoms with E-state index < -0.39 is 15.3 Å². The molecule has 26 heavy (non-hydrogen) atoms. The predicted octanol–water partition coefficient (Wildman–Crippen LogP) is 2.40. The summed E-state index contributed by atoms with van der Waals surface area (Å²) in [5.74, 6) is -0.221. The monoisotopic (exact) mass is 388 g/mol. The first-order valence-corrected chi connectivity index (χ1v) is 10.1. The van der Waals surface area contributed by atoms with E-state index >= 15 is 0 Å². The number of nitrogens with two attached hydrogens (primary N) is 1. The number of fused-ring (bicyclic) bond motifs is 1. The molecule has 0 aliphatic rings. The zero-order valence-electron chi connectivity index (χ0n) is 13.8. The molecule has 1 aromatic heterocycles. The number of thioether (sulfide) groups is 1. The second kappa shape index (κ2) is 7.40. The van der Waals surface area contributed by atoms with E-state index in [1.54, 1.807) is 6.92 Å². The van der Waals surface area contributed by atoms with Gasteiger partial charge in [0.15, 0.2) is 0 Å². The molecule has 134 valence electrons. The molecule has 1 heterocycles. The number of rotatable bonds is 5. The number of para-hydroxylation sites is 1. The number of sulfonamides is 1. The van der Waals surface area contributed by atoms with E-state index in [1.165, 1.54) is 42.4 Å². The number of carbonyl (C=O) groups excluding carboxylic acids is 1. The Morgan fingerprint density at radius 2 is 1.81 bits per heavy atom. The molecule has 0 unspecified atom stereocenters. The standard InChI is InChI=1S/C17H16N4O3S2/c1-11(25-17-14-4-2-3-5-15(14)19-10-20-17)16(22)21-12-6-8-13(9-7-12)26(18,23)24/h2-11H,1H3,(H,21,22)(H2,18,23,24)/t11-/m0/s1. The Morgan fingerprint density at radius 1 is 1.12 bits per heavy atom. The topological polar surface area (TPSA) is 115 Å². The normalized spacial score (nSPS) is 12.7. The van der Waals surface area contributed by atoms with Gasteiger partial charge < -0.3 is 5.32 Å². The molecule has 3 N–H and O–H groups in total. The first-order valence-electron chi connectivity index (χ1n) is 7.65. The van der Waals surface area contributed by atoms with Gasteiger partial charge in [-0.3, -0.25) is 4.79 Å². The molecule has 9 heteroatoms. The van der Waals surface area contributed by atoms with Crippen molar-refractivity contribution in [2.75, 3.05) is 5.32 Å². The number of aromatic nitrogens is 2. The molecule has 7 nitrogen and oxygen atoms in total. The molecule has 1 amide bonds. The van der Waals surface area contributed by atoms with Crippen molar-refractivity contribution in [3.05, 3.63) is 54.9 Å². The van der Waals surface area contributed by atoms with Crippen LogP contribution in [0.5, 0.6) is 0 Å². The van der Waals surface area contributed by atoms with Gasteiger partial charge in [0.1, 0.15) is 11.4 Å². The van der Waals surface area contributed by atoms with E-state index in [4.69, 9.17) is 5.14 Å². The van der Waals surface area contributed by atoms with Crippen LogP contribution >= 0.6 is 11.8 Å². The Morgan fingerprint density at radius 3 is 2.50 bits per heavy atom. The van der Waals surface area contributed by atoms with Crippen LogP contribution in [0.4, 0.5) is 5.69 Å². The van der Waals surface area contributed by atoms with Gasteiger partial charge in [-0.15, -0.1) is 0 Å². The molecule has 0 fully saturated rings. The molecular weight excluding hydrogens is 372 g/mol. The minimum atomic E-state index is -3.76. The van der Waals surface area contributed by atoms with Crippen molar-refractivity contribution < 1.29 is 13.2 Å². The van der Waals surface area contributed by atoms with Crippen LogP contribution in [0, 0.1) is 0 Å². The first kappa shape index (κ1) is 18.3. The van der Waals surface area contributed by atoms with Crippen molar-refractivity contribution in [1.29, 1.82) is 0 Å². The van der Waals surface area contributed by atoms with E-state index in [1.807, 2.05) is 24.3 Å². The number of hydrogen-bond donors (Lipinski definition) is 2. The fourth-order valence-corrected chi connectivity index (χ4v) is 3.69. The first-order chi connectivity index (χ1) is 12.3. The fourth-order valence-electron chi connectivity index (χ4n) is 2.27. The summed E-state index contributed by atoms with van der Waals surface area (Å²) in [5, 5.41) is 9.01. The van der Waals surface area contributed by atoms with Gasteiger partial charge in [0.25, 0.3) is 0 Å². The lowest BCUT2D eigenvalue weighted by molar-refractivity contribution is -0.115. The molecule has 0 aliphatic carbocycles. The zero-order chi connectivity index (χ0) is 18.7.